The van der Waals surface area contributed by atoms with Crippen LogP contribution in [-0.2, 0) is 0 Å². The van der Waals surface area contributed by atoms with E-state index >= 15 is 0 Å². The summed E-state index contributed by atoms with van der Waals surface area (Å²) in [6.07, 6.45) is 3.83. The summed E-state index contributed by atoms with van der Waals surface area (Å²) in [4.78, 5) is 3.65. The third kappa shape index (κ3) is 5.99. The molecular formula is C16H24Cl2N2S. The number of hydrogen-bond donors (Lipinski definition) is 1. The molecule has 0 aromatic heterocycles. The van der Waals surface area contributed by atoms with Gasteiger partial charge in [-0.1, -0.05) is 30.1 Å². The molecule has 1 aromatic rings. The van der Waals surface area contributed by atoms with Gasteiger partial charge in [0.1, 0.15) is 0 Å². The van der Waals surface area contributed by atoms with Gasteiger partial charge >= 0.3 is 0 Å². The second-order valence-corrected chi connectivity index (χ2v) is 7.50. The smallest absolute Gasteiger partial charge is 0.0542 e. The van der Waals surface area contributed by atoms with Crippen molar-refractivity contribution >= 4 is 35.0 Å². The summed E-state index contributed by atoms with van der Waals surface area (Å²) in [5.74, 6) is 1.05. The molecule has 1 fully saturated rings. The van der Waals surface area contributed by atoms with E-state index in [4.69, 9.17) is 23.2 Å². The maximum atomic E-state index is 6.21. The fourth-order valence-electron chi connectivity index (χ4n) is 2.71. The summed E-state index contributed by atoms with van der Waals surface area (Å²) in [5.41, 5.74) is 0. The van der Waals surface area contributed by atoms with E-state index in [1.165, 1.54) is 32.4 Å². The zero-order valence-electron chi connectivity index (χ0n) is 12.6. The van der Waals surface area contributed by atoms with Gasteiger partial charge in [0.2, 0.25) is 0 Å². The molecule has 1 aliphatic rings. The third-order valence-corrected chi connectivity index (χ3v) is 5.45. The van der Waals surface area contributed by atoms with Crippen molar-refractivity contribution in [3.05, 3.63) is 28.2 Å². The summed E-state index contributed by atoms with van der Waals surface area (Å²) in [5, 5.41) is 5.13. The summed E-state index contributed by atoms with van der Waals surface area (Å²) >= 11 is 14.0. The van der Waals surface area contributed by atoms with Crippen LogP contribution < -0.4 is 5.32 Å². The first-order valence-corrected chi connectivity index (χ1v) is 9.46. The zero-order valence-corrected chi connectivity index (χ0v) is 14.9. The van der Waals surface area contributed by atoms with Gasteiger partial charge in [-0.2, -0.15) is 0 Å². The van der Waals surface area contributed by atoms with Crippen LogP contribution >= 0.6 is 35.0 Å². The number of halogens is 2. The molecule has 118 valence electrons. The molecule has 1 aromatic carbocycles. The predicted molar refractivity (Wildman–Crippen MR) is 94.9 cm³/mol. The molecule has 21 heavy (non-hydrogen) atoms. The highest BCUT2D eigenvalue weighted by Crippen LogP contribution is 2.29. The molecule has 0 bridgehead atoms. The van der Waals surface area contributed by atoms with Gasteiger partial charge in [0.15, 0.2) is 0 Å². The molecule has 0 aliphatic carbocycles. The summed E-state index contributed by atoms with van der Waals surface area (Å²) in [6.45, 7) is 6.85. The van der Waals surface area contributed by atoms with E-state index in [9.17, 15) is 0 Å². The van der Waals surface area contributed by atoms with Crippen LogP contribution in [0.3, 0.4) is 0 Å². The molecule has 1 unspecified atom stereocenters. The lowest BCUT2D eigenvalue weighted by molar-refractivity contribution is 0.264. The van der Waals surface area contributed by atoms with Crippen LogP contribution in [0, 0.1) is 0 Å². The van der Waals surface area contributed by atoms with Crippen molar-refractivity contribution in [1.29, 1.82) is 0 Å². The van der Waals surface area contributed by atoms with Gasteiger partial charge in [-0.3, -0.25) is 0 Å². The molecule has 1 saturated heterocycles. The van der Waals surface area contributed by atoms with E-state index < -0.39 is 0 Å². The highest BCUT2D eigenvalue weighted by atomic mass is 35.5. The Bertz CT molecular complexity index is 436. The Morgan fingerprint density at radius 2 is 2.19 bits per heavy atom. The van der Waals surface area contributed by atoms with E-state index in [1.807, 2.05) is 18.2 Å². The number of nitrogens with zero attached hydrogens (tertiary/aromatic N) is 1. The summed E-state index contributed by atoms with van der Waals surface area (Å²) in [7, 11) is 0. The van der Waals surface area contributed by atoms with Gasteiger partial charge in [-0.15, -0.1) is 11.8 Å². The minimum Gasteiger partial charge on any atom is -0.313 e. The van der Waals surface area contributed by atoms with Crippen molar-refractivity contribution in [3.8, 4) is 0 Å². The van der Waals surface area contributed by atoms with Crippen molar-refractivity contribution in [2.75, 3.05) is 31.9 Å². The Morgan fingerprint density at radius 1 is 1.33 bits per heavy atom. The average molecular weight is 347 g/mol. The second kappa shape index (κ2) is 9.26. The standard InChI is InChI=1S/C16H24Cl2N2S/c1-2-8-20(12-14-4-3-7-19-14)9-10-21-16-11-13(17)5-6-15(16)18/h5-6,11,14,19H,2-4,7-10,12H2,1H3. The third-order valence-electron chi connectivity index (χ3n) is 3.74. The van der Waals surface area contributed by atoms with Gasteiger partial charge in [-0.25, -0.2) is 0 Å². The predicted octanol–water partition coefficient (Wildman–Crippen LogP) is 4.55. The SMILES string of the molecule is CCCN(CCSc1cc(Cl)ccc1Cl)CC1CCCN1. The quantitative estimate of drug-likeness (QED) is 0.695. The lowest BCUT2D eigenvalue weighted by Gasteiger charge is -2.25. The van der Waals surface area contributed by atoms with Crippen molar-refractivity contribution in [2.24, 2.45) is 0 Å². The first kappa shape index (κ1) is 17.4. The molecule has 1 heterocycles. The van der Waals surface area contributed by atoms with Crippen LogP contribution in [-0.4, -0.2) is 42.9 Å². The van der Waals surface area contributed by atoms with E-state index in [0.29, 0.717) is 6.04 Å². The lowest BCUT2D eigenvalue weighted by atomic mass is 10.2. The molecule has 1 atom stereocenters. The van der Waals surface area contributed by atoms with E-state index in [0.717, 1.165) is 33.8 Å². The number of benzene rings is 1. The van der Waals surface area contributed by atoms with Crippen LogP contribution in [0.1, 0.15) is 26.2 Å². The highest BCUT2D eigenvalue weighted by Gasteiger charge is 2.17. The Hall–Kier alpha value is 0.0700. The van der Waals surface area contributed by atoms with Crippen LogP contribution in [0.4, 0.5) is 0 Å². The van der Waals surface area contributed by atoms with Crippen molar-refractivity contribution < 1.29 is 0 Å². The molecule has 2 nitrogen and oxygen atoms in total. The molecule has 0 saturated carbocycles. The first-order chi connectivity index (χ1) is 10.2. The van der Waals surface area contributed by atoms with Gasteiger partial charge < -0.3 is 10.2 Å². The van der Waals surface area contributed by atoms with Crippen LogP contribution in [0.25, 0.3) is 0 Å². The second-order valence-electron chi connectivity index (χ2n) is 5.52. The highest BCUT2D eigenvalue weighted by molar-refractivity contribution is 7.99. The lowest BCUT2D eigenvalue weighted by Crippen LogP contribution is -2.39. The average Bonchev–Trinajstić information content (AvgIpc) is 2.96. The zero-order chi connectivity index (χ0) is 15.1. The van der Waals surface area contributed by atoms with Gasteiger partial charge in [-0.05, 0) is 50.6 Å². The molecule has 1 N–H and O–H groups in total. The normalized spacial score (nSPS) is 18.6. The van der Waals surface area contributed by atoms with Gasteiger partial charge in [0, 0.05) is 34.8 Å². The number of thioether (sulfide) groups is 1. The fraction of sp³-hybridized carbons (Fsp3) is 0.625. The van der Waals surface area contributed by atoms with Crippen molar-refractivity contribution in [2.45, 2.75) is 37.1 Å². The maximum Gasteiger partial charge on any atom is 0.0542 e. The Balaban J connectivity index is 1.79. The number of hydrogen-bond acceptors (Lipinski definition) is 3. The van der Waals surface area contributed by atoms with Crippen LogP contribution in [0.2, 0.25) is 10.0 Å². The number of nitrogens with one attached hydrogen (secondary N) is 1. The molecule has 0 radical (unpaired) electrons. The minimum atomic E-state index is 0.677. The maximum absolute atomic E-state index is 6.21. The van der Waals surface area contributed by atoms with E-state index in [2.05, 4.69) is 17.1 Å². The molecular weight excluding hydrogens is 323 g/mol. The van der Waals surface area contributed by atoms with Crippen LogP contribution in [0.15, 0.2) is 23.1 Å². The largest absolute Gasteiger partial charge is 0.313 e. The first-order valence-electron chi connectivity index (χ1n) is 7.72. The van der Waals surface area contributed by atoms with Crippen molar-refractivity contribution in [3.63, 3.8) is 0 Å². The Kier molecular flexibility index (Phi) is 7.69. The topological polar surface area (TPSA) is 15.3 Å². The fourth-order valence-corrected chi connectivity index (χ4v) is 4.21. The van der Waals surface area contributed by atoms with Crippen molar-refractivity contribution in [1.82, 2.24) is 10.2 Å². The summed E-state index contributed by atoms with van der Waals surface area (Å²) in [6, 6.07) is 6.34. The van der Waals surface area contributed by atoms with E-state index in [-0.39, 0.29) is 0 Å². The Morgan fingerprint density at radius 3 is 2.90 bits per heavy atom. The van der Waals surface area contributed by atoms with Crippen LogP contribution in [0.5, 0.6) is 0 Å². The molecule has 0 spiro atoms. The Labute approximate surface area is 142 Å². The summed E-state index contributed by atoms with van der Waals surface area (Å²) < 4.78 is 0. The van der Waals surface area contributed by atoms with E-state index in [1.54, 1.807) is 11.8 Å². The molecule has 2 rings (SSSR count). The number of rotatable bonds is 8. The van der Waals surface area contributed by atoms with Gasteiger partial charge in [0.05, 0.1) is 5.02 Å². The molecule has 0 amide bonds. The van der Waals surface area contributed by atoms with Gasteiger partial charge in [0.25, 0.3) is 0 Å². The monoisotopic (exact) mass is 346 g/mol. The molecule has 1 aliphatic heterocycles. The minimum absolute atomic E-state index is 0.677. The molecule has 5 heteroatoms.